The van der Waals surface area contributed by atoms with Gasteiger partial charge in [-0.25, -0.2) is 4.39 Å². The number of H-pyrrole nitrogens is 1. The normalized spacial score (nSPS) is 10.2. The van der Waals surface area contributed by atoms with Crippen LogP contribution in [0.5, 0.6) is 5.75 Å². The maximum atomic E-state index is 13.3. The highest BCUT2D eigenvalue weighted by molar-refractivity contribution is 5.93. The summed E-state index contributed by atoms with van der Waals surface area (Å²) in [4.78, 5) is 27.4. The van der Waals surface area contributed by atoms with E-state index in [2.05, 4.69) is 4.98 Å². The van der Waals surface area contributed by atoms with Gasteiger partial charge in [-0.3, -0.25) is 9.59 Å². The van der Waals surface area contributed by atoms with Crippen LogP contribution in [0.2, 0.25) is 0 Å². The molecule has 110 valence electrons. The number of amides is 1. The Bertz CT molecular complexity index is 684. The van der Waals surface area contributed by atoms with E-state index in [4.69, 9.17) is 4.74 Å². The van der Waals surface area contributed by atoms with Crippen molar-refractivity contribution in [1.82, 2.24) is 9.88 Å². The molecule has 0 aliphatic carbocycles. The lowest BCUT2D eigenvalue weighted by atomic mass is 10.2. The summed E-state index contributed by atoms with van der Waals surface area (Å²) in [5.41, 5.74) is -0.379. The number of nitrogens with one attached hydrogen (secondary N) is 1. The lowest BCUT2D eigenvalue weighted by Gasteiger charge is -2.17. The zero-order chi connectivity index (χ0) is 15.2. The average molecular weight is 290 g/mol. The van der Waals surface area contributed by atoms with E-state index in [9.17, 15) is 14.0 Å². The molecular formula is C15H15FN2O3. The van der Waals surface area contributed by atoms with Gasteiger partial charge in [-0.1, -0.05) is 12.1 Å². The fraction of sp³-hybridized carbons (Fsp3) is 0.200. The van der Waals surface area contributed by atoms with Crippen LogP contribution >= 0.6 is 0 Å². The van der Waals surface area contributed by atoms with Crippen LogP contribution in [0.1, 0.15) is 10.4 Å². The maximum Gasteiger partial charge on any atom is 0.260 e. The molecule has 0 aliphatic rings. The highest BCUT2D eigenvalue weighted by Gasteiger charge is 2.14. The highest BCUT2D eigenvalue weighted by Crippen LogP contribution is 2.15. The number of hydrogen-bond acceptors (Lipinski definition) is 3. The average Bonchev–Trinajstić information content (AvgIpc) is 2.49. The van der Waals surface area contributed by atoms with E-state index >= 15 is 0 Å². The Hall–Kier alpha value is -2.63. The SMILES string of the molecule is CN(CCOc1ccccc1F)C(=O)c1ccc[nH]c1=O. The molecule has 1 aromatic carbocycles. The topological polar surface area (TPSA) is 62.4 Å². The number of likely N-dealkylation sites (N-methyl/N-ethyl adjacent to an activating group) is 1. The number of benzene rings is 1. The van der Waals surface area contributed by atoms with Gasteiger partial charge in [0.15, 0.2) is 11.6 Å². The molecule has 1 amide bonds. The van der Waals surface area contributed by atoms with Gasteiger partial charge in [-0.15, -0.1) is 0 Å². The number of carbonyl (C=O) groups is 1. The third-order valence-corrected chi connectivity index (χ3v) is 2.92. The molecular weight excluding hydrogens is 275 g/mol. The van der Waals surface area contributed by atoms with Gasteiger partial charge in [0.05, 0.1) is 6.54 Å². The van der Waals surface area contributed by atoms with Crippen molar-refractivity contribution in [3.63, 3.8) is 0 Å². The predicted molar refractivity (Wildman–Crippen MR) is 75.9 cm³/mol. The summed E-state index contributed by atoms with van der Waals surface area (Å²) in [5, 5.41) is 0. The van der Waals surface area contributed by atoms with E-state index in [0.29, 0.717) is 0 Å². The summed E-state index contributed by atoms with van der Waals surface area (Å²) >= 11 is 0. The van der Waals surface area contributed by atoms with Crippen LogP contribution in [0, 0.1) is 5.82 Å². The first kappa shape index (κ1) is 14.8. The van der Waals surface area contributed by atoms with Crippen LogP contribution in [0.15, 0.2) is 47.4 Å². The molecule has 5 nitrogen and oxygen atoms in total. The molecule has 0 fully saturated rings. The van der Waals surface area contributed by atoms with Crippen LogP contribution in [0.3, 0.4) is 0 Å². The summed E-state index contributed by atoms with van der Waals surface area (Å²) in [6, 6.07) is 9.08. The molecule has 0 bridgehead atoms. The largest absolute Gasteiger partial charge is 0.489 e. The number of halogens is 1. The summed E-state index contributed by atoms with van der Waals surface area (Å²) in [6.07, 6.45) is 1.46. The van der Waals surface area contributed by atoms with Crippen molar-refractivity contribution >= 4 is 5.91 Å². The molecule has 1 N–H and O–H groups in total. The molecule has 0 aliphatic heterocycles. The van der Waals surface area contributed by atoms with Crippen LogP contribution in [0.25, 0.3) is 0 Å². The maximum absolute atomic E-state index is 13.3. The minimum absolute atomic E-state index is 0.0610. The van der Waals surface area contributed by atoms with Crippen molar-refractivity contribution < 1.29 is 13.9 Å². The van der Waals surface area contributed by atoms with Crippen molar-refractivity contribution in [3.8, 4) is 5.75 Å². The number of pyridine rings is 1. The van der Waals surface area contributed by atoms with Crippen LogP contribution in [0.4, 0.5) is 4.39 Å². The molecule has 0 saturated carbocycles. The molecule has 1 heterocycles. The van der Waals surface area contributed by atoms with Crippen molar-refractivity contribution in [2.45, 2.75) is 0 Å². The molecule has 0 atom stereocenters. The number of nitrogens with zero attached hydrogens (tertiary/aromatic N) is 1. The van der Waals surface area contributed by atoms with E-state index in [1.54, 1.807) is 25.2 Å². The lowest BCUT2D eigenvalue weighted by Crippen LogP contribution is -2.34. The Balaban J connectivity index is 1.92. The Morgan fingerprint density at radius 3 is 2.76 bits per heavy atom. The van der Waals surface area contributed by atoms with E-state index < -0.39 is 17.3 Å². The number of aromatic nitrogens is 1. The monoisotopic (exact) mass is 290 g/mol. The second kappa shape index (κ2) is 6.69. The van der Waals surface area contributed by atoms with Crippen LogP contribution in [-0.2, 0) is 0 Å². The summed E-state index contributed by atoms with van der Waals surface area (Å²) < 4.78 is 18.6. The lowest BCUT2D eigenvalue weighted by molar-refractivity contribution is 0.0771. The molecule has 6 heteroatoms. The number of rotatable bonds is 5. The van der Waals surface area contributed by atoms with Gasteiger partial charge in [-0.05, 0) is 24.3 Å². The van der Waals surface area contributed by atoms with Gasteiger partial charge < -0.3 is 14.6 Å². The zero-order valence-electron chi connectivity index (χ0n) is 11.5. The van der Waals surface area contributed by atoms with Crippen molar-refractivity contribution in [2.75, 3.05) is 20.2 Å². The number of ether oxygens (including phenoxy) is 1. The molecule has 0 unspecified atom stereocenters. The molecule has 0 radical (unpaired) electrons. The highest BCUT2D eigenvalue weighted by atomic mass is 19.1. The van der Waals surface area contributed by atoms with Gasteiger partial charge >= 0.3 is 0 Å². The van der Waals surface area contributed by atoms with Crippen LogP contribution < -0.4 is 10.3 Å². The molecule has 2 rings (SSSR count). The van der Waals surface area contributed by atoms with E-state index in [1.807, 2.05) is 0 Å². The first-order chi connectivity index (χ1) is 10.1. The van der Waals surface area contributed by atoms with E-state index in [0.717, 1.165) is 0 Å². The first-order valence-electron chi connectivity index (χ1n) is 6.40. The van der Waals surface area contributed by atoms with Crippen molar-refractivity contribution in [1.29, 1.82) is 0 Å². The summed E-state index contributed by atoms with van der Waals surface area (Å²) in [7, 11) is 1.56. The first-order valence-corrected chi connectivity index (χ1v) is 6.40. The Morgan fingerprint density at radius 1 is 1.29 bits per heavy atom. The predicted octanol–water partition coefficient (Wildman–Crippen LogP) is 1.66. The van der Waals surface area contributed by atoms with Crippen LogP contribution in [-0.4, -0.2) is 36.0 Å². The number of aromatic amines is 1. The van der Waals surface area contributed by atoms with Crippen molar-refractivity contribution in [3.05, 3.63) is 64.3 Å². The zero-order valence-corrected chi connectivity index (χ0v) is 11.5. The van der Waals surface area contributed by atoms with Gasteiger partial charge in [0.1, 0.15) is 12.2 Å². The van der Waals surface area contributed by atoms with Crippen molar-refractivity contribution in [2.24, 2.45) is 0 Å². The molecule has 2 aromatic rings. The number of para-hydroxylation sites is 1. The second-order valence-electron chi connectivity index (χ2n) is 4.42. The molecule has 0 saturated heterocycles. The summed E-state index contributed by atoms with van der Waals surface area (Å²) in [6.45, 7) is 0.370. The van der Waals surface area contributed by atoms with Gasteiger partial charge in [0, 0.05) is 13.2 Å². The smallest absolute Gasteiger partial charge is 0.260 e. The van der Waals surface area contributed by atoms with Gasteiger partial charge in [0.2, 0.25) is 0 Å². The Morgan fingerprint density at radius 2 is 2.05 bits per heavy atom. The van der Waals surface area contributed by atoms with E-state index in [-0.39, 0.29) is 24.5 Å². The number of carbonyl (C=O) groups excluding carboxylic acids is 1. The minimum Gasteiger partial charge on any atom is -0.489 e. The number of hydrogen-bond donors (Lipinski definition) is 1. The fourth-order valence-corrected chi connectivity index (χ4v) is 1.75. The third-order valence-electron chi connectivity index (χ3n) is 2.92. The molecule has 1 aromatic heterocycles. The quantitative estimate of drug-likeness (QED) is 0.911. The summed E-state index contributed by atoms with van der Waals surface area (Å²) in [5.74, 6) is -0.726. The second-order valence-corrected chi connectivity index (χ2v) is 4.42. The van der Waals surface area contributed by atoms with Gasteiger partial charge in [-0.2, -0.15) is 0 Å². The van der Waals surface area contributed by atoms with E-state index in [1.165, 1.54) is 29.3 Å². The minimum atomic E-state index is -0.453. The van der Waals surface area contributed by atoms with Gasteiger partial charge in [0.25, 0.3) is 11.5 Å². The fourth-order valence-electron chi connectivity index (χ4n) is 1.75. The Kier molecular flexibility index (Phi) is 4.71. The molecule has 0 spiro atoms. The third kappa shape index (κ3) is 3.68. The Labute approximate surface area is 121 Å². The standard InChI is InChI=1S/C15H15FN2O3/c1-18(15(20)11-5-4-8-17-14(11)19)9-10-21-13-7-3-2-6-12(13)16/h2-8H,9-10H2,1H3,(H,17,19). The molecule has 21 heavy (non-hydrogen) atoms.